The van der Waals surface area contributed by atoms with Gasteiger partial charge in [-0.05, 0) is 100 Å². The summed E-state index contributed by atoms with van der Waals surface area (Å²) < 4.78 is 41.7. The van der Waals surface area contributed by atoms with Crippen LogP contribution < -0.4 is 4.31 Å². The van der Waals surface area contributed by atoms with Gasteiger partial charge < -0.3 is 9.21 Å². The van der Waals surface area contributed by atoms with Crippen LogP contribution in [-0.2, 0) is 6.54 Å². The van der Waals surface area contributed by atoms with E-state index >= 15 is 0 Å². The first-order valence-electron chi connectivity index (χ1n) is 13.2. The normalized spacial score (nSPS) is 23.3. The summed E-state index contributed by atoms with van der Waals surface area (Å²) in [4.78, 5) is 7.22. The molecule has 1 saturated carbocycles. The predicted octanol–water partition coefficient (Wildman–Crippen LogP) is 6.60. The molecular weight excluding hydrogens is 495 g/mol. The molecule has 0 N–H and O–H groups in total. The number of hydrogen-bond acceptors (Lipinski definition) is 6. The van der Waals surface area contributed by atoms with Gasteiger partial charge in [-0.1, -0.05) is 12.1 Å². The molecule has 0 atom stereocenters. The van der Waals surface area contributed by atoms with Crippen molar-refractivity contribution >= 4 is 29.1 Å². The van der Waals surface area contributed by atoms with Crippen LogP contribution in [0.3, 0.4) is 0 Å². The highest BCUT2D eigenvalue weighted by molar-refractivity contribution is 8.01. The molecule has 1 aromatic carbocycles. The highest BCUT2D eigenvalue weighted by atomic mass is 32.2. The number of aromatic nitrogens is 1. The molecule has 2 aliphatic heterocycles. The van der Waals surface area contributed by atoms with Crippen molar-refractivity contribution < 1.29 is 13.2 Å². The van der Waals surface area contributed by atoms with Crippen molar-refractivity contribution in [2.45, 2.75) is 82.3 Å². The van der Waals surface area contributed by atoms with Crippen LogP contribution in [-0.4, -0.2) is 58.3 Å². The van der Waals surface area contributed by atoms with Gasteiger partial charge in [0.1, 0.15) is 11.9 Å². The third-order valence-electron chi connectivity index (χ3n) is 7.55. The number of nitrogens with zero attached hydrogens (tertiary/aromatic N) is 5. The van der Waals surface area contributed by atoms with Gasteiger partial charge in [-0.25, -0.2) is 13.2 Å². The minimum atomic E-state index is -2.58. The summed E-state index contributed by atoms with van der Waals surface area (Å²) in [5.74, 6) is 0. The van der Waals surface area contributed by atoms with E-state index in [0.717, 1.165) is 55.7 Å². The molecule has 0 unspecified atom stereocenters. The third kappa shape index (κ3) is 6.74. The summed E-state index contributed by atoms with van der Waals surface area (Å²) in [5, 5.41) is 8.04. The SMILES string of the molecule is Cc1cccc(N(Cc2ccc(C3=NN=C(C(F)F)C3)cn2)SC2CCN(C3CCC(F)CC3)CC2)c1. The molecule has 0 spiro atoms. The van der Waals surface area contributed by atoms with Gasteiger partial charge in [0, 0.05) is 35.2 Å². The lowest BCUT2D eigenvalue weighted by atomic mass is 9.91. The Labute approximate surface area is 221 Å². The standard InChI is InChI=1S/C28H34F3N5S/c1-19-3-2-4-24(15-19)36(37-25-11-13-35(14-12-25)23-9-6-21(29)7-10-23)18-22-8-5-20(17-32-22)26-16-27(28(30)31)34-33-26/h2-5,8,15,17,21,23,25,28H,6-7,9-14,16,18H2,1H3. The topological polar surface area (TPSA) is 44.1 Å². The fourth-order valence-electron chi connectivity index (χ4n) is 5.38. The fraction of sp³-hybridized carbons (Fsp3) is 0.536. The van der Waals surface area contributed by atoms with E-state index < -0.39 is 12.6 Å². The predicted molar refractivity (Wildman–Crippen MR) is 146 cm³/mol. The number of anilines is 1. The molecule has 0 bridgehead atoms. The summed E-state index contributed by atoms with van der Waals surface area (Å²) in [6.07, 6.45) is 4.20. The number of halogens is 3. The van der Waals surface area contributed by atoms with Crippen molar-refractivity contribution in [3.63, 3.8) is 0 Å². The maximum atomic E-state index is 13.6. The number of benzene rings is 1. The minimum Gasteiger partial charge on any atom is -0.310 e. The first kappa shape index (κ1) is 26.2. The molecule has 3 aliphatic rings. The van der Waals surface area contributed by atoms with Crippen LogP contribution in [0.4, 0.5) is 18.9 Å². The van der Waals surface area contributed by atoms with Crippen LogP contribution in [0.25, 0.3) is 0 Å². The summed E-state index contributed by atoms with van der Waals surface area (Å²) in [6.45, 7) is 4.87. The number of pyridine rings is 1. The zero-order valence-electron chi connectivity index (χ0n) is 21.2. The first-order chi connectivity index (χ1) is 17.9. The molecule has 37 heavy (non-hydrogen) atoms. The van der Waals surface area contributed by atoms with E-state index in [1.54, 1.807) is 6.20 Å². The van der Waals surface area contributed by atoms with Crippen molar-refractivity contribution in [2.24, 2.45) is 10.2 Å². The molecule has 1 aromatic heterocycles. The Morgan fingerprint density at radius 3 is 2.46 bits per heavy atom. The molecule has 0 radical (unpaired) electrons. The average Bonchev–Trinajstić information content (AvgIpc) is 3.41. The van der Waals surface area contributed by atoms with Crippen LogP contribution >= 0.6 is 11.9 Å². The second-order valence-electron chi connectivity index (χ2n) is 10.3. The van der Waals surface area contributed by atoms with Crippen LogP contribution in [0.2, 0.25) is 0 Å². The van der Waals surface area contributed by atoms with Crippen LogP contribution in [0.5, 0.6) is 0 Å². The van der Waals surface area contributed by atoms with Gasteiger partial charge in [0.2, 0.25) is 0 Å². The number of hydrogen-bond donors (Lipinski definition) is 0. The van der Waals surface area contributed by atoms with Gasteiger partial charge in [0.25, 0.3) is 6.43 Å². The number of alkyl halides is 3. The van der Waals surface area contributed by atoms with Crippen molar-refractivity contribution in [3.05, 3.63) is 59.4 Å². The lowest BCUT2D eigenvalue weighted by Crippen LogP contribution is -2.44. The second kappa shape index (κ2) is 12.0. The maximum absolute atomic E-state index is 13.6. The Bertz CT molecular complexity index is 1110. The summed E-state index contributed by atoms with van der Waals surface area (Å²) in [7, 11) is 0. The lowest BCUT2D eigenvalue weighted by Gasteiger charge is -2.40. The van der Waals surface area contributed by atoms with Crippen LogP contribution in [0.15, 0.2) is 52.8 Å². The Morgan fingerprint density at radius 2 is 1.81 bits per heavy atom. The Balaban J connectivity index is 1.22. The van der Waals surface area contributed by atoms with E-state index in [0.29, 0.717) is 36.4 Å². The van der Waals surface area contributed by atoms with Gasteiger partial charge >= 0.3 is 0 Å². The largest absolute Gasteiger partial charge is 0.310 e. The van der Waals surface area contributed by atoms with E-state index in [9.17, 15) is 13.2 Å². The molecular formula is C28H34F3N5S. The monoisotopic (exact) mass is 529 g/mol. The first-order valence-corrected chi connectivity index (χ1v) is 14.0. The van der Waals surface area contributed by atoms with Gasteiger partial charge in [0.05, 0.1) is 18.0 Å². The van der Waals surface area contributed by atoms with Crippen LogP contribution in [0.1, 0.15) is 61.8 Å². The highest BCUT2D eigenvalue weighted by Gasteiger charge is 2.30. The maximum Gasteiger partial charge on any atom is 0.278 e. The van der Waals surface area contributed by atoms with Crippen molar-refractivity contribution in [1.29, 1.82) is 0 Å². The van der Waals surface area contributed by atoms with Gasteiger partial charge in [-0.15, -0.1) is 0 Å². The Hall–Kier alpha value is -2.39. The van der Waals surface area contributed by atoms with Crippen molar-refractivity contribution in [1.82, 2.24) is 9.88 Å². The number of aryl methyl sites for hydroxylation is 1. The molecule has 5 nitrogen and oxygen atoms in total. The molecule has 2 aromatic rings. The molecule has 9 heteroatoms. The van der Waals surface area contributed by atoms with E-state index in [1.807, 2.05) is 24.1 Å². The van der Waals surface area contributed by atoms with Gasteiger partial charge in [-0.3, -0.25) is 4.98 Å². The zero-order chi connectivity index (χ0) is 25.8. The van der Waals surface area contributed by atoms with Crippen molar-refractivity contribution in [3.8, 4) is 0 Å². The van der Waals surface area contributed by atoms with E-state index in [1.165, 1.54) is 5.56 Å². The third-order valence-corrected chi connectivity index (χ3v) is 8.91. The molecule has 1 saturated heterocycles. The van der Waals surface area contributed by atoms with Gasteiger partial charge in [-0.2, -0.15) is 10.2 Å². The second-order valence-corrected chi connectivity index (χ2v) is 11.6. The minimum absolute atomic E-state index is 0.0673. The molecule has 1 aliphatic carbocycles. The van der Waals surface area contributed by atoms with Crippen LogP contribution in [0, 0.1) is 6.92 Å². The zero-order valence-corrected chi connectivity index (χ0v) is 22.0. The number of likely N-dealkylation sites (tertiary alicyclic amines) is 1. The Kier molecular flexibility index (Phi) is 8.49. The molecule has 2 fully saturated rings. The van der Waals surface area contributed by atoms with Crippen molar-refractivity contribution in [2.75, 3.05) is 17.4 Å². The fourth-order valence-corrected chi connectivity index (χ4v) is 6.61. The lowest BCUT2D eigenvalue weighted by molar-refractivity contribution is 0.104. The van der Waals surface area contributed by atoms with E-state index in [4.69, 9.17) is 0 Å². The summed E-state index contributed by atoms with van der Waals surface area (Å²) in [6, 6.07) is 12.9. The highest BCUT2D eigenvalue weighted by Crippen LogP contribution is 2.35. The van der Waals surface area contributed by atoms with E-state index in [2.05, 4.69) is 55.6 Å². The molecule has 5 rings (SSSR count). The molecule has 0 amide bonds. The summed E-state index contributed by atoms with van der Waals surface area (Å²) in [5.41, 5.74) is 4.33. The average molecular weight is 530 g/mol. The quantitative estimate of drug-likeness (QED) is 0.361. The van der Waals surface area contributed by atoms with Gasteiger partial charge in [0.15, 0.2) is 0 Å². The smallest absolute Gasteiger partial charge is 0.278 e. The molecule has 3 heterocycles. The summed E-state index contributed by atoms with van der Waals surface area (Å²) >= 11 is 1.89. The Morgan fingerprint density at radius 1 is 1.03 bits per heavy atom. The molecule has 198 valence electrons. The van der Waals surface area contributed by atoms with E-state index in [-0.39, 0.29) is 12.1 Å². The number of rotatable bonds is 8. The number of piperidine rings is 1.